The second-order valence-corrected chi connectivity index (χ2v) is 6.01. The Morgan fingerprint density at radius 1 is 1.44 bits per heavy atom. The van der Waals surface area contributed by atoms with Gasteiger partial charge >= 0.3 is 0 Å². The van der Waals surface area contributed by atoms with Crippen LogP contribution in [0.3, 0.4) is 0 Å². The molecule has 0 aliphatic carbocycles. The van der Waals surface area contributed by atoms with Crippen molar-refractivity contribution < 1.29 is 0 Å². The Labute approximate surface area is 100 Å². The average Bonchev–Trinajstić information content (AvgIpc) is 2.90. The Hall–Kier alpha value is -1.20. The molecule has 0 aromatic carbocycles. The first-order valence-electron chi connectivity index (χ1n) is 5.06. The first-order valence-corrected chi connectivity index (χ1v) is 6.69. The monoisotopic (exact) mass is 250 g/mol. The highest BCUT2D eigenvalue weighted by Crippen LogP contribution is 2.15. The van der Waals surface area contributed by atoms with Gasteiger partial charge in [0.1, 0.15) is 0 Å². The molecule has 0 spiro atoms. The SMILES string of the molecule is Cc1ccc(/C=c2\sc3n(c2=O)CCN=3)s1. The summed E-state index contributed by atoms with van der Waals surface area (Å²) >= 11 is 3.19. The molecular formula is C11H10N2OS2. The second kappa shape index (κ2) is 3.68. The molecule has 0 fully saturated rings. The highest BCUT2D eigenvalue weighted by molar-refractivity contribution is 7.13. The van der Waals surface area contributed by atoms with Crippen LogP contribution in [0.1, 0.15) is 9.75 Å². The van der Waals surface area contributed by atoms with Crippen molar-refractivity contribution in [1.29, 1.82) is 0 Å². The van der Waals surface area contributed by atoms with E-state index in [2.05, 4.69) is 18.0 Å². The zero-order valence-electron chi connectivity index (χ0n) is 8.77. The molecule has 5 heteroatoms. The van der Waals surface area contributed by atoms with Crippen LogP contribution in [0.25, 0.3) is 6.08 Å². The summed E-state index contributed by atoms with van der Waals surface area (Å²) in [4.78, 5) is 19.5. The second-order valence-electron chi connectivity index (χ2n) is 3.68. The molecule has 1 aliphatic rings. The molecule has 0 amide bonds. The van der Waals surface area contributed by atoms with Crippen molar-refractivity contribution in [3.8, 4) is 0 Å². The molecule has 0 saturated heterocycles. The minimum atomic E-state index is 0.104. The van der Waals surface area contributed by atoms with E-state index in [9.17, 15) is 4.79 Å². The van der Waals surface area contributed by atoms with Gasteiger partial charge in [-0.1, -0.05) is 11.3 Å². The van der Waals surface area contributed by atoms with E-state index in [0.29, 0.717) is 0 Å². The van der Waals surface area contributed by atoms with Crippen molar-refractivity contribution in [3.63, 3.8) is 0 Å². The van der Waals surface area contributed by atoms with E-state index < -0.39 is 0 Å². The standard InChI is InChI=1S/C11H10N2OS2/c1-7-2-3-8(15-7)6-9-10(14)13-5-4-12-11(13)16-9/h2-3,6H,4-5H2,1H3/b9-6-. The number of thiazole rings is 1. The van der Waals surface area contributed by atoms with Crippen LogP contribution in [0.4, 0.5) is 0 Å². The number of fused-ring (bicyclic) bond motifs is 1. The van der Waals surface area contributed by atoms with Crippen LogP contribution >= 0.6 is 22.7 Å². The fourth-order valence-corrected chi connectivity index (χ4v) is 3.64. The fourth-order valence-electron chi connectivity index (χ4n) is 1.73. The molecule has 0 atom stereocenters. The Balaban J connectivity index is 2.21. The summed E-state index contributed by atoms with van der Waals surface area (Å²) < 4.78 is 2.55. The van der Waals surface area contributed by atoms with Gasteiger partial charge in [0.25, 0.3) is 5.56 Å². The van der Waals surface area contributed by atoms with Crippen molar-refractivity contribution >= 4 is 28.7 Å². The number of thiophene rings is 1. The van der Waals surface area contributed by atoms with E-state index in [4.69, 9.17) is 0 Å². The Kier molecular flexibility index (Phi) is 2.29. The number of hydrogen-bond acceptors (Lipinski definition) is 4. The maximum atomic E-state index is 12.0. The normalized spacial score (nSPS) is 15.2. The molecule has 0 radical (unpaired) electrons. The quantitative estimate of drug-likeness (QED) is 0.735. The Morgan fingerprint density at radius 3 is 3.00 bits per heavy atom. The lowest BCUT2D eigenvalue weighted by Crippen LogP contribution is -2.29. The largest absolute Gasteiger partial charge is 0.282 e. The van der Waals surface area contributed by atoms with Crippen LogP contribution in [0.15, 0.2) is 21.9 Å². The summed E-state index contributed by atoms with van der Waals surface area (Å²) in [7, 11) is 0. The van der Waals surface area contributed by atoms with E-state index in [-0.39, 0.29) is 5.56 Å². The number of aryl methyl sites for hydroxylation is 1. The molecule has 2 aromatic rings. The van der Waals surface area contributed by atoms with E-state index in [1.54, 1.807) is 15.9 Å². The van der Waals surface area contributed by atoms with Crippen molar-refractivity contribution in [3.05, 3.63) is 41.6 Å². The van der Waals surface area contributed by atoms with E-state index >= 15 is 0 Å². The molecular weight excluding hydrogens is 240 g/mol. The third-order valence-corrected chi connectivity index (χ3v) is 4.49. The lowest BCUT2D eigenvalue weighted by Gasteiger charge is -1.86. The predicted octanol–water partition coefficient (Wildman–Crippen LogP) is 0.742. The van der Waals surface area contributed by atoms with E-state index in [1.165, 1.54) is 16.2 Å². The molecule has 2 aromatic heterocycles. The van der Waals surface area contributed by atoms with Gasteiger partial charge in [-0.25, -0.2) is 0 Å². The minimum Gasteiger partial charge on any atom is -0.282 e. The molecule has 3 nitrogen and oxygen atoms in total. The van der Waals surface area contributed by atoms with Crippen LogP contribution in [-0.2, 0) is 6.54 Å². The summed E-state index contributed by atoms with van der Waals surface area (Å²) in [5.41, 5.74) is 0.104. The van der Waals surface area contributed by atoms with Gasteiger partial charge in [-0.15, -0.1) is 11.3 Å². The lowest BCUT2D eigenvalue weighted by atomic mass is 10.4. The van der Waals surface area contributed by atoms with Gasteiger partial charge in [0.05, 0.1) is 11.1 Å². The Bertz CT molecular complexity index is 705. The van der Waals surface area contributed by atoms with Crippen molar-refractivity contribution in [2.24, 2.45) is 4.99 Å². The van der Waals surface area contributed by atoms with Crippen LogP contribution < -0.4 is 14.9 Å². The van der Waals surface area contributed by atoms with Gasteiger partial charge in [-0.05, 0) is 25.1 Å². The number of hydrogen-bond donors (Lipinski definition) is 0. The van der Waals surface area contributed by atoms with Crippen LogP contribution in [0, 0.1) is 6.92 Å². The van der Waals surface area contributed by atoms with E-state index in [1.807, 2.05) is 12.1 Å². The highest BCUT2D eigenvalue weighted by Gasteiger charge is 2.09. The molecule has 1 aliphatic heterocycles. The number of rotatable bonds is 1. The Morgan fingerprint density at radius 2 is 2.31 bits per heavy atom. The predicted molar refractivity (Wildman–Crippen MR) is 66.9 cm³/mol. The maximum Gasteiger partial charge on any atom is 0.270 e. The molecule has 0 unspecified atom stereocenters. The van der Waals surface area contributed by atoms with Crippen molar-refractivity contribution in [2.75, 3.05) is 6.54 Å². The molecule has 0 saturated carbocycles. The molecule has 0 bridgehead atoms. The van der Waals surface area contributed by atoms with Gasteiger partial charge in [-0.3, -0.25) is 14.4 Å². The summed E-state index contributed by atoms with van der Waals surface area (Å²) in [6.45, 7) is 3.56. The first-order chi connectivity index (χ1) is 7.74. The van der Waals surface area contributed by atoms with Crippen LogP contribution in [0.2, 0.25) is 0 Å². The van der Waals surface area contributed by atoms with Gasteiger partial charge in [0.2, 0.25) is 0 Å². The molecule has 16 heavy (non-hydrogen) atoms. The van der Waals surface area contributed by atoms with Gasteiger partial charge < -0.3 is 0 Å². The van der Waals surface area contributed by atoms with Gasteiger partial charge in [0, 0.05) is 16.3 Å². The molecule has 3 rings (SSSR count). The fraction of sp³-hybridized carbons (Fsp3) is 0.273. The highest BCUT2D eigenvalue weighted by atomic mass is 32.1. The minimum absolute atomic E-state index is 0.104. The van der Waals surface area contributed by atoms with Crippen molar-refractivity contribution in [2.45, 2.75) is 13.5 Å². The summed E-state index contributed by atoms with van der Waals surface area (Å²) in [5, 5.41) is 0. The van der Waals surface area contributed by atoms with Gasteiger partial charge in [0.15, 0.2) is 4.80 Å². The van der Waals surface area contributed by atoms with E-state index in [0.717, 1.165) is 27.3 Å². The third-order valence-electron chi connectivity index (χ3n) is 2.49. The lowest BCUT2D eigenvalue weighted by molar-refractivity contribution is 0.740. The van der Waals surface area contributed by atoms with Crippen LogP contribution in [0.5, 0.6) is 0 Å². The molecule has 82 valence electrons. The third kappa shape index (κ3) is 1.56. The van der Waals surface area contributed by atoms with Gasteiger partial charge in [-0.2, -0.15) is 0 Å². The first kappa shape index (κ1) is 9.99. The maximum absolute atomic E-state index is 12.0. The zero-order chi connectivity index (χ0) is 11.1. The smallest absolute Gasteiger partial charge is 0.270 e. The zero-order valence-corrected chi connectivity index (χ0v) is 10.4. The topological polar surface area (TPSA) is 34.4 Å². The van der Waals surface area contributed by atoms with Crippen LogP contribution in [-0.4, -0.2) is 11.1 Å². The average molecular weight is 250 g/mol. The number of aromatic nitrogens is 1. The molecule has 3 heterocycles. The number of nitrogens with zero attached hydrogens (tertiary/aromatic N) is 2. The summed E-state index contributed by atoms with van der Waals surface area (Å²) in [5.74, 6) is 0. The molecule has 0 N–H and O–H groups in total. The summed E-state index contributed by atoms with van der Waals surface area (Å²) in [6, 6.07) is 4.12. The summed E-state index contributed by atoms with van der Waals surface area (Å²) in [6.07, 6.45) is 1.96. The van der Waals surface area contributed by atoms with Crippen molar-refractivity contribution in [1.82, 2.24) is 4.57 Å².